The molecular weight excluding hydrogens is 560 g/mol. The van der Waals surface area contributed by atoms with Crippen LogP contribution in [0.15, 0.2) is 39.9 Å². The van der Waals surface area contributed by atoms with Gasteiger partial charge in [-0.1, -0.05) is 12.1 Å². The van der Waals surface area contributed by atoms with E-state index in [0.717, 1.165) is 23.7 Å². The zero-order chi connectivity index (χ0) is 27.2. The highest BCUT2D eigenvalue weighted by atomic mass is 32.2. The van der Waals surface area contributed by atoms with Gasteiger partial charge in [-0.2, -0.15) is 30.6 Å². The largest absolute Gasteiger partial charge is 0.430 e. The van der Waals surface area contributed by atoms with Gasteiger partial charge in [0.2, 0.25) is 10.0 Å². The highest BCUT2D eigenvalue weighted by Gasteiger charge is 2.71. The number of nitrogens with zero attached hydrogens (tertiary/aromatic N) is 2. The van der Waals surface area contributed by atoms with E-state index in [9.17, 15) is 48.3 Å². The molecule has 202 valence electrons. The third-order valence-corrected chi connectivity index (χ3v) is 9.45. The molecule has 0 bridgehead atoms. The summed E-state index contributed by atoms with van der Waals surface area (Å²) >= 11 is 1.02. The van der Waals surface area contributed by atoms with Crippen molar-refractivity contribution < 1.29 is 48.3 Å². The maximum atomic E-state index is 13.4. The van der Waals surface area contributed by atoms with Crippen molar-refractivity contribution >= 4 is 37.1 Å². The van der Waals surface area contributed by atoms with Crippen LogP contribution in [0.5, 0.6) is 0 Å². The summed E-state index contributed by atoms with van der Waals surface area (Å²) in [4.78, 5) is 1.52. The Morgan fingerprint density at radius 3 is 2.03 bits per heavy atom. The highest BCUT2D eigenvalue weighted by Crippen LogP contribution is 2.50. The van der Waals surface area contributed by atoms with E-state index in [-0.39, 0.29) is 41.6 Å². The normalized spacial score (nSPS) is 16.9. The summed E-state index contributed by atoms with van der Waals surface area (Å²) in [7, 11) is -7.66. The van der Waals surface area contributed by atoms with Gasteiger partial charge >= 0.3 is 12.4 Å². The minimum absolute atomic E-state index is 0.0264. The van der Waals surface area contributed by atoms with E-state index in [0.29, 0.717) is 12.1 Å². The zero-order valence-electron chi connectivity index (χ0n) is 18.5. The number of alkyl halides is 6. The van der Waals surface area contributed by atoms with Crippen LogP contribution in [0.2, 0.25) is 0 Å². The lowest BCUT2D eigenvalue weighted by molar-refractivity contribution is -0.376. The van der Waals surface area contributed by atoms with Crippen molar-refractivity contribution in [1.82, 2.24) is 9.03 Å². The Balaban J connectivity index is 1.96. The van der Waals surface area contributed by atoms with Crippen LogP contribution in [-0.2, 0) is 32.2 Å². The van der Waals surface area contributed by atoms with Gasteiger partial charge in [0.1, 0.15) is 4.21 Å². The van der Waals surface area contributed by atoms with E-state index in [1.807, 2.05) is 4.72 Å². The van der Waals surface area contributed by atoms with Crippen molar-refractivity contribution in [3.63, 3.8) is 0 Å². The Bertz CT molecular complexity index is 1270. The van der Waals surface area contributed by atoms with Crippen LogP contribution in [0.3, 0.4) is 0 Å². The molecule has 0 unspecified atom stereocenters. The van der Waals surface area contributed by atoms with Gasteiger partial charge in [-0.05, 0) is 29.1 Å². The monoisotopic (exact) mass is 581 g/mol. The Morgan fingerprint density at radius 2 is 1.56 bits per heavy atom. The summed E-state index contributed by atoms with van der Waals surface area (Å²) in [5, 5.41) is 11.3. The summed E-state index contributed by atoms with van der Waals surface area (Å²) in [6.07, 6.45) is -11.5. The molecule has 2 heterocycles. The number of benzene rings is 1. The van der Waals surface area contributed by atoms with Gasteiger partial charge in [0.15, 0.2) is 0 Å². The second-order valence-electron chi connectivity index (χ2n) is 7.97. The van der Waals surface area contributed by atoms with Crippen LogP contribution in [0.1, 0.15) is 11.1 Å². The number of anilines is 1. The fourth-order valence-electron chi connectivity index (χ4n) is 3.66. The highest BCUT2D eigenvalue weighted by molar-refractivity contribution is 7.91. The summed E-state index contributed by atoms with van der Waals surface area (Å²) in [5.74, 6) is 0. The van der Waals surface area contributed by atoms with E-state index < -0.39 is 50.1 Å². The molecule has 17 heteroatoms. The molecule has 1 aliphatic heterocycles. The third-order valence-electron chi connectivity index (χ3n) is 5.51. The quantitative estimate of drug-likeness (QED) is 0.487. The lowest BCUT2D eigenvalue weighted by Crippen LogP contribution is -2.54. The van der Waals surface area contributed by atoms with E-state index in [2.05, 4.69) is 0 Å². The van der Waals surface area contributed by atoms with Gasteiger partial charge in [-0.3, -0.25) is 0 Å². The molecule has 1 aromatic carbocycles. The molecule has 1 aliphatic rings. The number of aliphatic hydroxyl groups is 1. The molecule has 1 saturated heterocycles. The fraction of sp³-hybridized carbons (Fsp3) is 0.474. The van der Waals surface area contributed by atoms with Crippen molar-refractivity contribution in [2.45, 2.75) is 28.7 Å². The number of rotatable bonds is 7. The molecule has 0 saturated carbocycles. The Labute approximate surface area is 207 Å². The molecule has 0 atom stereocenters. The molecule has 0 spiro atoms. The first-order valence-corrected chi connectivity index (χ1v) is 14.3. The van der Waals surface area contributed by atoms with Crippen molar-refractivity contribution in [2.75, 3.05) is 37.3 Å². The Hall–Kier alpha value is -1.92. The van der Waals surface area contributed by atoms with Crippen molar-refractivity contribution in [2.24, 2.45) is 0 Å². The minimum Gasteiger partial charge on any atom is -0.369 e. The van der Waals surface area contributed by atoms with E-state index in [1.54, 1.807) is 11.4 Å². The number of piperazine rings is 1. The van der Waals surface area contributed by atoms with E-state index in [4.69, 9.17) is 0 Å². The molecule has 1 aromatic heterocycles. The lowest BCUT2D eigenvalue weighted by atomic mass is 9.90. The van der Waals surface area contributed by atoms with Crippen LogP contribution in [0.25, 0.3) is 0 Å². The number of thiophene rings is 1. The van der Waals surface area contributed by atoms with Crippen molar-refractivity contribution in [1.29, 1.82) is 0 Å². The summed E-state index contributed by atoms with van der Waals surface area (Å²) in [6.45, 7) is -0.676. The molecule has 3 rings (SSSR count). The molecule has 0 aliphatic carbocycles. The summed E-state index contributed by atoms with van der Waals surface area (Å²) in [5.41, 5.74) is -6.89. The van der Waals surface area contributed by atoms with E-state index in [1.165, 1.54) is 15.3 Å². The molecule has 36 heavy (non-hydrogen) atoms. The number of sulfonamides is 2. The summed E-state index contributed by atoms with van der Waals surface area (Å²) < 4.78 is 132. The molecular formula is C19H21F6N3O5S3. The predicted molar refractivity (Wildman–Crippen MR) is 119 cm³/mol. The smallest absolute Gasteiger partial charge is 0.369 e. The first-order chi connectivity index (χ1) is 16.4. The van der Waals surface area contributed by atoms with Gasteiger partial charge < -0.3 is 10.0 Å². The van der Waals surface area contributed by atoms with E-state index >= 15 is 0 Å². The average Bonchev–Trinajstić information content (AvgIpc) is 3.31. The van der Waals surface area contributed by atoms with Crippen LogP contribution >= 0.6 is 11.3 Å². The average molecular weight is 582 g/mol. The molecule has 0 amide bonds. The first-order valence-electron chi connectivity index (χ1n) is 10.1. The van der Waals surface area contributed by atoms with Crippen molar-refractivity contribution in [3.05, 3.63) is 46.8 Å². The lowest BCUT2D eigenvalue weighted by Gasteiger charge is -2.37. The van der Waals surface area contributed by atoms with Crippen LogP contribution < -0.4 is 9.62 Å². The van der Waals surface area contributed by atoms with Crippen LogP contribution in [0.4, 0.5) is 32.0 Å². The predicted octanol–water partition coefficient (Wildman–Crippen LogP) is 2.62. The van der Waals surface area contributed by atoms with Crippen LogP contribution in [-0.4, -0.2) is 71.0 Å². The Morgan fingerprint density at radius 1 is 0.972 bits per heavy atom. The number of hydrogen-bond donors (Lipinski definition) is 2. The number of hydrogen-bond acceptors (Lipinski definition) is 7. The van der Waals surface area contributed by atoms with Gasteiger partial charge in [-0.25, -0.2) is 21.6 Å². The second-order valence-corrected chi connectivity index (χ2v) is 12.9. The minimum atomic E-state index is -6.12. The molecule has 8 nitrogen and oxygen atoms in total. The maximum absolute atomic E-state index is 13.4. The van der Waals surface area contributed by atoms with Gasteiger partial charge in [0, 0.05) is 44.0 Å². The molecule has 2 aromatic rings. The number of nitrogens with one attached hydrogen (secondary N) is 1. The zero-order valence-corrected chi connectivity index (χ0v) is 20.9. The maximum Gasteiger partial charge on any atom is 0.430 e. The molecule has 0 radical (unpaired) electrons. The second kappa shape index (κ2) is 9.75. The fourth-order valence-corrected chi connectivity index (χ4v) is 6.65. The Kier molecular flexibility index (Phi) is 7.76. The summed E-state index contributed by atoms with van der Waals surface area (Å²) in [6, 6.07) is 4.83. The van der Waals surface area contributed by atoms with Crippen LogP contribution in [0, 0.1) is 0 Å². The molecule has 1 fully saturated rings. The third kappa shape index (κ3) is 5.65. The standard InChI is InChI=1S/C19H21F6N3O5S3/c1-35(30,31)26-12-13-11-14(17(29,18(20,21)22)19(23,24)25)4-5-15(13)27-6-8-28(9-7-27)36(32,33)16-3-2-10-34-16/h2-5,10-11,26,29H,6-9,12H2,1H3. The number of halogens is 6. The van der Waals surface area contributed by atoms with Gasteiger partial charge in [0.05, 0.1) is 6.26 Å². The topological polar surface area (TPSA) is 107 Å². The van der Waals surface area contributed by atoms with Gasteiger partial charge in [-0.15, -0.1) is 11.3 Å². The SMILES string of the molecule is CS(=O)(=O)NCc1cc(C(O)(C(F)(F)F)C(F)(F)F)ccc1N1CCN(S(=O)(=O)c2cccs2)CC1. The first kappa shape index (κ1) is 28.6. The molecule has 2 N–H and O–H groups in total. The van der Waals surface area contributed by atoms with Crippen molar-refractivity contribution in [3.8, 4) is 0 Å². The van der Waals surface area contributed by atoms with Gasteiger partial charge in [0.25, 0.3) is 15.6 Å².